The molecule has 1 amide bonds. The van der Waals surface area contributed by atoms with E-state index >= 15 is 0 Å². The lowest BCUT2D eigenvalue weighted by Crippen LogP contribution is -2.43. The van der Waals surface area contributed by atoms with Crippen molar-refractivity contribution in [3.05, 3.63) is 59.7 Å². The summed E-state index contributed by atoms with van der Waals surface area (Å²) in [6.45, 7) is 4.08. The Kier molecular flexibility index (Phi) is 5.58. The Balaban J connectivity index is 1.31. The molecule has 0 unspecified atom stereocenters. The number of para-hydroxylation sites is 2. The summed E-state index contributed by atoms with van der Waals surface area (Å²) in [5, 5.41) is 2.97. The summed E-state index contributed by atoms with van der Waals surface area (Å²) in [6.07, 6.45) is 3.32. The van der Waals surface area contributed by atoms with Crippen LogP contribution in [0.4, 0.5) is 0 Å². The van der Waals surface area contributed by atoms with Crippen molar-refractivity contribution in [2.24, 2.45) is 0 Å². The van der Waals surface area contributed by atoms with Gasteiger partial charge in [-0.2, -0.15) is 0 Å². The lowest BCUT2D eigenvalue weighted by atomic mass is 10.1. The summed E-state index contributed by atoms with van der Waals surface area (Å²) in [5.41, 5.74) is 2.41. The number of carbonyl (C=O) groups is 1. The van der Waals surface area contributed by atoms with Crippen molar-refractivity contribution < 1.29 is 14.3 Å². The van der Waals surface area contributed by atoms with Gasteiger partial charge in [-0.3, -0.25) is 9.69 Å². The molecule has 1 atom stereocenters. The fraction of sp³-hybridized carbons (Fsp3) is 0.409. The minimum Gasteiger partial charge on any atom is -0.485 e. The van der Waals surface area contributed by atoms with Gasteiger partial charge < -0.3 is 14.8 Å². The molecule has 0 spiro atoms. The number of piperidine rings is 1. The molecule has 1 saturated heterocycles. The van der Waals surface area contributed by atoms with Gasteiger partial charge in [0.25, 0.3) is 5.91 Å². The average Bonchev–Trinajstić information content (AvgIpc) is 2.73. The van der Waals surface area contributed by atoms with Crippen molar-refractivity contribution in [3.63, 3.8) is 0 Å². The van der Waals surface area contributed by atoms with Crippen LogP contribution in [0.15, 0.2) is 48.5 Å². The Morgan fingerprint density at radius 1 is 1.00 bits per heavy atom. The van der Waals surface area contributed by atoms with E-state index in [1.54, 1.807) is 0 Å². The second-order valence-corrected chi connectivity index (χ2v) is 7.24. The van der Waals surface area contributed by atoms with Gasteiger partial charge >= 0.3 is 0 Å². The molecule has 0 saturated carbocycles. The molecular formula is C22H26N2O3. The topological polar surface area (TPSA) is 50.8 Å². The zero-order valence-corrected chi connectivity index (χ0v) is 15.5. The molecule has 5 heteroatoms. The van der Waals surface area contributed by atoms with E-state index in [1.807, 2.05) is 30.3 Å². The van der Waals surface area contributed by atoms with Crippen molar-refractivity contribution in [2.75, 3.05) is 19.7 Å². The Hall–Kier alpha value is -2.53. The molecule has 2 aromatic rings. The van der Waals surface area contributed by atoms with Crippen molar-refractivity contribution in [1.29, 1.82) is 0 Å². The highest BCUT2D eigenvalue weighted by atomic mass is 16.6. The largest absolute Gasteiger partial charge is 0.485 e. The van der Waals surface area contributed by atoms with Gasteiger partial charge in [-0.25, -0.2) is 0 Å². The number of ether oxygens (including phenoxy) is 2. The Labute approximate surface area is 160 Å². The first-order chi connectivity index (χ1) is 13.3. The SMILES string of the molecule is O=C(NCc1cccc(CN2CCCCC2)c1)[C@H]1COc2ccccc2O1. The predicted molar refractivity (Wildman–Crippen MR) is 104 cm³/mol. The van der Waals surface area contributed by atoms with Gasteiger partial charge in [0.05, 0.1) is 0 Å². The summed E-state index contributed by atoms with van der Waals surface area (Å²) in [6, 6.07) is 15.9. The van der Waals surface area contributed by atoms with E-state index in [4.69, 9.17) is 9.47 Å². The maximum atomic E-state index is 12.5. The zero-order valence-electron chi connectivity index (χ0n) is 15.5. The maximum absolute atomic E-state index is 12.5. The molecule has 2 aliphatic heterocycles. The van der Waals surface area contributed by atoms with Gasteiger partial charge in [0.2, 0.25) is 6.10 Å². The number of amides is 1. The molecule has 1 N–H and O–H groups in total. The summed E-state index contributed by atoms with van der Waals surface area (Å²) in [7, 11) is 0. The maximum Gasteiger partial charge on any atom is 0.264 e. The summed E-state index contributed by atoms with van der Waals surface area (Å²) < 4.78 is 11.4. The van der Waals surface area contributed by atoms with E-state index in [9.17, 15) is 4.79 Å². The first-order valence-electron chi connectivity index (χ1n) is 9.74. The molecule has 0 bridgehead atoms. The number of nitrogens with zero attached hydrogens (tertiary/aromatic N) is 1. The molecule has 0 radical (unpaired) electrons. The molecule has 0 aromatic heterocycles. The van der Waals surface area contributed by atoms with Gasteiger partial charge in [-0.15, -0.1) is 0 Å². The summed E-state index contributed by atoms with van der Waals surface area (Å²) >= 11 is 0. The molecule has 2 heterocycles. The van der Waals surface area contributed by atoms with Crippen molar-refractivity contribution in [3.8, 4) is 11.5 Å². The van der Waals surface area contributed by atoms with E-state index in [-0.39, 0.29) is 12.5 Å². The lowest BCUT2D eigenvalue weighted by Gasteiger charge is -2.26. The molecule has 2 aromatic carbocycles. The average molecular weight is 366 g/mol. The second-order valence-electron chi connectivity index (χ2n) is 7.24. The zero-order chi connectivity index (χ0) is 18.5. The fourth-order valence-corrected chi connectivity index (χ4v) is 3.67. The second kappa shape index (κ2) is 8.44. The number of nitrogens with one attached hydrogen (secondary N) is 1. The molecule has 5 nitrogen and oxygen atoms in total. The molecule has 142 valence electrons. The van der Waals surface area contributed by atoms with Gasteiger partial charge in [-0.05, 0) is 49.2 Å². The minimum absolute atomic E-state index is 0.147. The van der Waals surface area contributed by atoms with Gasteiger partial charge in [0.1, 0.15) is 6.61 Å². The smallest absolute Gasteiger partial charge is 0.264 e. The minimum atomic E-state index is -0.614. The van der Waals surface area contributed by atoms with Gasteiger partial charge in [0, 0.05) is 13.1 Å². The number of hydrogen-bond donors (Lipinski definition) is 1. The van der Waals surface area contributed by atoms with E-state index in [1.165, 1.54) is 37.9 Å². The third-order valence-corrected chi connectivity index (χ3v) is 5.11. The van der Waals surface area contributed by atoms with Crippen LogP contribution < -0.4 is 14.8 Å². The van der Waals surface area contributed by atoms with Crippen LogP contribution in [0, 0.1) is 0 Å². The first kappa shape index (κ1) is 17.9. The molecule has 4 rings (SSSR count). The van der Waals surface area contributed by atoms with Crippen molar-refractivity contribution in [1.82, 2.24) is 10.2 Å². The van der Waals surface area contributed by atoms with Crippen LogP contribution in [0.2, 0.25) is 0 Å². The van der Waals surface area contributed by atoms with Gasteiger partial charge in [0.15, 0.2) is 11.5 Å². The highest BCUT2D eigenvalue weighted by molar-refractivity contribution is 5.81. The normalized spacial score (nSPS) is 19.5. The van der Waals surface area contributed by atoms with Crippen LogP contribution in [0.3, 0.4) is 0 Å². The monoisotopic (exact) mass is 366 g/mol. The van der Waals surface area contributed by atoms with E-state index in [0.717, 1.165) is 12.1 Å². The highest BCUT2D eigenvalue weighted by Gasteiger charge is 2.26. The van der Waals surface area contributed by atoms with Crippen LogP contribution in [0.1, 0.15) is 30.4 Å². The molecule has 27 heavy (non-hydrogen) atoms. The fourth-order valence-electron chi connectivity index (χ4n) is 3.67. The lowest BCUT2D eigenvalue weighted by molar-refractivity contribution is -0.130. The van der Waals surface area contributed by atoms with Crippen molar-refractivity contribution >= 4 is 5.91 Å². The standard InChI is InChI=1S/C22H26N2O3/c25-22(21-16-26-19-9-2-3-10-20(19)27-21)23-14-17-7-6-8-18(13-17)15-24-11-4-1-5-12-24/h2-3,6-10,13,21H,1,4-5,11-12,14-16H2,(H,23,25)/t21-/m1/s1. The number of fused-ring (bicyclic) bond motifs is 1. The third kappa shape index (κ3) is 4.61. The number of rotatable bonds is 5. The van der Waals surface area contributed by atoms with Crippen LogP contribution in [0.5, 0.6) is 11.5 Å². The van der Waals surface area contributed by atoms with Gasteiger partial charge in [-0.1, -0.05) is 42.8 Å². The molecular weight excluding hydrogens is 340 g/mol. The number of likely N-dealkylation sites (tertiary alicyclic amines) is 1. The molecule has 0 aliphatic carbocycles. The Morgan fingerprint density at radius 2 is 1.78 bits per heavy atom. The number of benzene rings is 2. The first-order valence-corrected chi connectivity index (χ1v) is 9.74. The Morgan fingerprint density at radius 3 is 2.63 bits per heavy atom. The summed E-state index contributed by atoms with van der Waals surface area (Å²) in [5.74, 6) is 1.16. The number of hydrogen-bond acceptors (Lipinski definition) is 4. The van der Waals surface area contributed by atoms with E-state index in [2.05, 4.69) is 28.4 Å². The quantitative estimate of drug-likeness (QED) is 0.883. The van der Waals surface area contributed by atoms with Crippen LogP contribution in [-0.2, 0) is 17.9 Å². The Bertz CT molecular complexity index is 787. The highest BCUT2D eigenvalue weighted by Crippen LogP contribution is 2.30. The summed E-state index contributed by atoms with van der Waals surface area (Å²) in [4.78, 5) is 15.0. The van der Waals surface area contributed by atoms with E-state index in [0.29, 0.717) is 18.0 Å². The van der Waals surface area contributed by atoms with Crippen LogP contribution in [0.25, 0.3) is 0 Å². The molecule has 1 fully saturated rings. The van der Waals surface area contributed by atoms with Crippen LogP contribution in [-0.4, -0.2) is 36.6 Å². The van der Waals surface area contributed by atoms with E-state index < -0.39 is 6.10 Å². The molecule has 2 aliphatic rings. The predicted octanol–water partition coefficient (Wildman–Crippen LogP) is 3.13. The number of carbonyl (C=O) groups excluding carboxylic acids is 1. The van der Waals surface area contributed by atoms with Crippen molar-refractivity contribution in [2.45, 2.75) is 38.5 Å². The third-order valence-electron chi connectivity index (χ3n) is 5.11. The van der Waals surface area contributed by atoms with Crippen LogP contribution >= 0.6 is 0 Å².